The highest BCUT2D eigenvalue weighted by Crippen LogP contribution is 2.36. The van der Waals surface area contributed by atoms with Crippen molar-refractivity contribution in [2.45, 2.75) is 39.3 Å². The number of rotatable bonds is 8. The predicted molar refractivity (Wildman–Crippen MR) is 140 cm³/mol. The lowest BCUT2D eigenvalue weighted by Gasteiger charge is -2.23. The van der Waals surface area contributed by atoms with Crippen molar-refractivity contribution < 1.29 is 14.3 Å². The maximum Gasteiger partial charge on any atom is 0.254 e. The SMILES string of the molecule is COc1ccc(Oc2c(CN(C(=O)c3ccc(C)cc3)C3CC3)c(C)nn2-c2cccc(Cl)c2)cc1. The maximum atomic E-state index is 13.5. The van der Waals surface area contributed by atoms with Crippen LogP contribution in [-0.4, -0.2) is 33.7 Å². The molecule has 1 saturated carbocycles. The van der Waals surface area contributed by atoms with Gasteiger partial charge in [0.2, 0.25) is 5.88 Å². The molecule has 0 N–H and O–H groups in total. The van der Waals surface area contributed by atoms with E-state index in [4.69, 9.17) is 26.2 Å². The molecular formula is C29H28ClN3O3. The molecule has 36 heavy (non-hydrogen) atoms. The fourth-order valence-electron chi connectivity index (χ4n) is 4.15. The minimum atomic E-state index is 0.0165. The number of halogens is 1. The van der Waals surface area contributed by atoms with E-state index in [2.05, 4.69) is 0 Å². The molecule has 5 rings (SSSR count). The van der Waals surface area contributed by atoms with Crippen LogP contribution in [0.15, 0.2) is 72.8 Å². The summed E-state index contributed by atoms with van der Waals surface area (Å²) in [5.74, 6) is 1.96. The molecule has 0 bridgehead atoms. The molecular weight excluding hydrogens is 474 g/mol. The molecule has 1 fully saturated rings. The van der Waals surface area contributed by atoms with Crippen LogP contribution in [0.5, 0.6) is 17.4 Å². The fourth-order valence-corrected chi connectivity index (χ4v) is 4.33. The molecule has 4 aromatic rings. The van der Waals surface area contributed by atoms with Crippen molar-refractivity contribution in [2.24, 2.45) is 0 Å². The van der Waals surface area contributed by atoms with Crippen LogP contribution in [0, 0.1) is 13.8 Å². The lowest BCUT2D eigenvalue weighted by molar-refractivity contribution is 0.0729. The van der Waals surface area contributed by atoms with Crippen LogP contribution in [0.2, 0.25) is 5.02 Å². The first-order chi connectivity index (χ1) is 17.4. The third-order valence-corrected chi connectivity index (χ3v) is 6.57. The van der Waals surface area contributed by atoms with Crippen LogP contribution in [0.25, 0.3) is 5.69 Å². The molecule has 0 saturated heterocycles. The molecule has 1 aliphatic carbocycles. The number of methoxy groups -OCH3 is 1. The van der Waals surface area contributed by atoms with Crippen molar-refractivity contribution in [3.05, 3.63) is 100 Å². The topological polar surface area (TPSA) is 56.6 Å². The molecule has 1 aromatic heterocycles. The first-order valence-corrected chi connectivity index (χ1v) is 12.3. The van der Waals surface area contributed by atoms with E-state index < -0.39 is 0 Å². The van der Waals surface area contributed by atoms with Gasteiger partial charge in [0.1, 0.15) is 11.5 Å². The minimum absolute atomic E-state index is 0.0165. The maximum absolute atomic E-state index is 13.5. The minimum Gasteiger partial charge on any atom is -0.497 e. The Morgan fingerprint density at radius 3 is 2.36 bits per heavy atom. The summed E-state index contributed by atoms with van der Waals surface area (Å²) >= 11 is 6.29. The summed E-state index contributed by atoms with van der Waals surface area (Å²) < 4.78 is 13.5. The zero-order chi connectivity index (χ0) is 25.2. The van der Waals surface area contributed by atoms with Gasteiger partial charge in [-0.05, 0) is 81.3 Å². The normalized spacial score (nSPS) is 12.9. The zero-order valence-electron chi connectivity index (χ0n) is 20.6. The Bertz CT molecular complexity index is 1380. The lowest BCUT2D eigenvalue weighted by atomic mass is 10.1. The molecule has 0 radical (unpaired) electrons. The van der Waals surface area contributed by atoms with E-state index in [-0.39, 0.29) is 11.9 Å². The highest BCUT2D eigenvalue weighted by Gasteiger charge is 2.35. The Labute approximate surface area is 216 Å². The molecule has 184 valence electrons. The second kappa shape index (κ2) is 10.1. The summed E-state index contributed by atoms with van der Waals surface area (Å²) in [7, 11) is 1.63. The van der Waals surface area contributed by atoms with Crippen LogP contribution < -0.4 is 9.47 Å². The van der Waals surface area contributed by atoms with Gasteiger partial charge in [-0.2, -0.15) is 5.10 Å². The summed E-state index contributed by atoms with van der Waals surface area (Å²) in [5, 5.41) is 5.40. The van der Waals surface area contributed by atoms with E-state index in [9.17, 15) is 4.79 Å². The van der Waals surface area contributed by atoms with Gasteiger partial charge in [0.25, 0.3) is 5.91 Å². The fraction of sp³-hybridized carbons (Fsp3) is 0.241. The Hall–Kier alpha value is -3.77. The molecule has 6 nitrogen and oxygen atoms in total. The van der Waals surface area contributed by atoms with Crippen LogP contribution in [0.1, 0.15) is 40.0 Å². The Morgan fingerprint density at radius 1 is 1.03 bits per heavy atom. The summed E-state index contributed by atoms with van der Waals surface area (Å²) in [5.41, 5.74) is 4.24. The first kappa shape index (κ1) is 23.9. The molecule has 0 aliphatic heterocycles. The molecule has 1 heterocycles. The molecule has 0 atom stereocenters. The van der Waals surface area contributed by atoms with E-state index in [1.807, 2.05) is 91.5 Å². The first-order valence-electron chi connectivity index (χ1n) is 12.0. The smallest absolute Gasteiger partial charge is 0.254 e. The number of hydrogen-bond acceptors (Lipinski definition) is 4. The highest BCUT2D eigenvalue weighted by molar-refractivity contribution is 6.30. The van der Waals surface area contributed by atoms with Gasteiger partial charge in [-0.1, -0.05) is 35.4 Å². The van der Waals surface area contributed by atoms with Crippen LogP contribution >= 0.6 is 11.6 Å². The van der Waals surface area contributed by atoms with Gasteiger partial charge < -0.3 is 14.4 Å². The molecule has 0 unspecified atom stereocenters. The molecule has 1 amide bonds. The Morgan fingerprint density at radius 2 is 1.72 bits per heavy atom. The number of nitrogens with zero attached hydrogens (tertiary/aromatic N) is 3. The molecule has 7 heteroatoms. The number of aromatic nitrogens is 2. The van der Waals surface area contributed by atoms with Gasteiger partial charge in [-0.25, -0.2) is 4.68 Å². The Kier molecular flexibility index (Phi) is 6.70. The van der Waals surface area contributed by atoms with Crippen molar-refractivity contribution in [3.8, 4) is 23.1 Å². The predicted octanol–water partition coefficient (Wildman–Crippen LogP) is 6.75. The van der Waals surface area contributed by atoms with Gasteiger partial charge in [0.15, 0.2) is 0 Å². The number of aryl methyl sites for hydroxylation is 2. The number of carbonyl (C=O) groups excluding carboxylic acids is 1. The van der Waals surface area contributed by atoms with Gasteiger partial charge in [-0.3, -0.25) is 4.79 Å². The van der Waals surface area contributed by atoms with Crippen molar-refractivity contribution in [3.63, 3.8) is 0 Å². The van der Waals surface area contributed by atoms with E-state index in [1.54, 1.807) is 11.8 Å². The molecule has 0 spiro atoms. The third-order valence-electron chi connectivity index (χ3n) is 6.34. The van der Waals surface area contributed by atoms with Crippen LogP contribution in [0.4, 0.5) is 0 Å². The average Bonchev–Trinajstić information content (AvgIpc) is 3.68. The van der Waals surface area contributed by atoms with Crippen LogP contribution in [-0.2, 0) is 6.54 Å². The van der Waals surface area contributed by atoms with Crippen molar-refractivity contribution in [2.75, 3.05) is 7.11 Å². The van der Waals surface area contributed by atoms with Gasteiger partial charge in [0, 0.05) is 16.6 Å². The standard InChI is InChI=1S/C29H28ClN3O3/c1-19-7-9-21(10-8-19)28(34)32(23-11-12-23)18-27-20(2)31-33(24-6-4-5-22(30)17-24)29(27)36-26-15-13-25(35-3)14-16-26/h4-10,13-17,23H,11-12,18H2,1-3H3. The van der Waals surface area contributed by atoms with Gasteiger partial charge in [-0.15, -0.1) is 0 Å². The van der Waals surface area contributed by atoms with Crippen molar-refractivity contribution in [1.29, 1.82) is 0 Å². The molecule has 1 aliphatic rings. The van der Waals surface area contributed by atoms with Gasteiger partial charge >= 0.3 is 0 Å². The monoisotopic (exact) mass is 501 g/mol. The van der Waals surface area contributed by atoms with E-state index in [0.29, 0.717) is 28.8 Å². The van der Waals surface area contributed by atoms with Crippen molar-refractivity contribution in [1.82, 2.24) is 14.7 Å². The number of ether oxygens (including phenoxy) is 2. The number of amides is 1. The number of carbonyl (C=O) groups is 1. The third kappa shape index (κ3) is 5.09. The summed E-state index contributed by atoms with van der Waals surface area (Å²) in [6.45, 7) is 4.36. The largest absolute Gasteiger partial charge is 0.497 e. The quantitative estimate of drug-likeness (QED) is 0.268. The number of benzene rings is 3. The number of hydrogen-bond donors (Lipinski definition) is 0. The lowest BCUT2D eigenvalue weighted by Crippen LogP contribution is -2.32. The second-order valence-corrected chi connectivity index (χ2v) is 9.51. The van der Waals surface area contributed by atoms with Gasteiger partial charge in [0.05, 0.1) is 30.6 Å². The zero-order valence-corrected chi connectivity index (χ0v) is 21.3. The van der Waals surface area contributed by atoms with E-state index in [0.717, 1.165) is 41.1 Å². The van der Waals surface area contributed by atoms with E-state index >= 15 is 0 Å². The summed E-state index contributed by atoms with van der Waals surface area (Å²) in [6.07, 6.45) is 1.99. The summed E-state index contributed by atoms with van der Waals surface area (Å²) in [4.78, 5) is 15.5. The summed E-state index contributed by atoms with van der Waals surface area (Å²) in [6, 6.07) is 22.8. The second-order valence-electron chi connectivity index (χ2n) is 9.07. The highest BCUT2D eigenvalue weighted by atomic mass is 35.5. The molecule has 3 aromatic carbocycles. The average molecular weight is 502 g/mol. The van der Waals surface area contributed by atoms with Crippen molar-refractivity contribution >= 4 is 17.5 Å². The Balaban J connectivity index is 1.54. The van der Waals surface area contributed by atoms with E-state index in [1.165, 1.54) is 0 Å². The van der Waals surface area contributed by atoms with Crippen LogP contribution in [0.3, 0.4) is 0 Å².